The van der Waals surface area contributed by atoms with Crippen LogP contribution < -0.4 is 0 Å². The van der Waals surface area contributed by atoms with Crippen LogP contribution >= 0.6 is 0 Å². The van der Waals surface area contributed by atoms with Gasteiger partial charge in [-0.15, -0.1) is 0 Å². The fourth-order valence-corrected chi connectivity index (χ4v) is 5.31. The van der Waals surface area contributed by atoms with Gasteiger partial charge in [-0.05, 0) is 49.9 Å². The van der Waals surface area contributed by atoms with Gasteiger partial charge in [0.2, 0.25) is 20.9 Å². The normalized spacial score (nSPS) is 13.9. The van der Waals surface area contributed by atoms with Gasteiger partial charge in [-0.2, -0.15) is 0 Å². The second-order valence-corrected chi connectivity index (χ2v) is 10.7. The van der Waals surface area contributed by atoms with Crippen molar-refractivity contribution < 1.29 is 17.6 Å². The molecule has 0 saturated heterocycles. The molecule has 0 bridgehead atoms. The smallest absolute Gasteiger partial charge is 0.228 e. The number of benzene rings is 2. The zero-order chi connectivity index (χ0) is 23.6. The summed E-state index contributed by atoms with van der Waals surface area (Å²) in [5, 5.41) is -0.0479. The van der Waals surface area contributed by atoms with Crippen LogP contribution in [0.5, 0.6) is 0 Å². The van der Waals surface area contributed by atoms with Gasteiger partial charge in [-0.3, -0.25) is 4.79 Å². The minimum Gasteiger partial charge on any atom is -0.334 e. The molecule has 0 N–H and O–H groups in total. The molecule has 33 heavy (non-hydrogen) atoms. The molecule has 174 valence electrons. The quantitative estimate of drug-likeness (QED) is 0.471. The van der Waals surface area contributed by atoms with Gasteiger partial charge in [-0.1, -0.05) is 42.5 Å². The van der Waals surface area contributed by atoms with Gasteiger partial charge in [-0.25, -0.2) is 17.8 Å². The summed E-state index contributed by atoms with van der Waals surface area (Å²) in [6.07, 6.45) is 3.36. The van der Waals surface area contributed by atoms with Gasteiger partial charge >= 0.3 is 0 Å². The van der Waals surface area contributed by atoms with E-state index < -0.39 is 15.7 Å². The monoisotopic (exact) mass is 469 g/mol. The minimum absolute atomic E-state index is 0.0163. The molecule has 1 heterocycles. The number of hydrogen-bond donors (Lipinski definition) is 0. The molecule has 1 aromatic heterocycles. The van der Waals surface area contributed by atoms with Crippen LogP contribution in [0.3, 0.4) is 0 Å². The third-order valence-electron chi connectivity index (χ3n) is 5.80. The van der Waals surface area contributed by atoms with Crippen molar-refractivity contribution in [3.63, 3.8) is 0 Å². The van der Waals surface area contributed by atoms with Gasteiger partial charge in [0.05, 0.1) is 30.7 Å². The van der Waals surface area contributed by atoms with Crippen molar-refractivity contribution >= 4 is 15.7 Å². The summed E-state index contributed by atoms with van der Waals surface area (Å²) in [4.78, 5) is 18.9. The molecule has 6 nitrogen and oxygen atoms in total. The van der Waals surface area contributed by atoms with Gasteiger partial charge in [0.1, 0.15) is 5.82 Å². The zero-order valence-electron chi connectivity index (χ0n) is 18.8. The maximum Gasteiger partial charge on any atom is 0.228 e. The first-order valence-electron chi connectivity index (χ1n) is 11.1. The standard InChI is InChI=1S/C25H28FN3O3S/c1-18(2)28(24(30)21-10-11-21)16-23-14-27-25(29(23)15-19-6-4-3-5-7-19)33(31,32)17-20-8-12-22(26)13-9-20/h3-9,12-14,18,21H,10-11,15-17H2,1-2H3. The molecule has 3 aromatic rings. The first-order valence-corrected chi connectivity index (χ1v) is 12.8. The number of imidazole rings is 1. The molecule has 8 heteroatoms. The van der Waals surface area contributed by atoms with Crippen molar-refractivity contribution in [3.8, 4) is 0 Å². The Bertz CT molecular complexity index is 1220. The Morgan fingerprint density at radius 2 is 1.76 bits per heavy atom. The lowest BCUT2D eigenvalue weighted by atomic mass is 10.2. The summed E-state index contributed by atoms with van der Waals surface area (Å²) in [7, 11) is -3.81. The molecule has 0 radical (unpaired) electrons. The predicted molar refractivity (Wildman–Crippen MR) is 123 cm³/mol. The molecule has 1 amide bonds. The predicted octanol–water partition coefficient (Wildman–Crippen LogP) is 4.19. The lowest BCUT2D eigenvalue weighted by molar-refractivity contribution is -0.135. The second-order valence-electron chi connectivity index (χ2n) is 8.82. The van der Waals surface area contributed by atoms with Crippen molar-refractivity contribution in [1.82, 2.24) is 14.5 Å². The van der Waals surface area contributed by atoms with Crippen molar-refractivity contribution in [1.29, 1.82) is 0 Å². The number of aromatic nitrogens is 2. The highest BCUT2D eigenvalue weighted by molar-refractivity contribution is 7.90. The molecule has 1 aliphatic carbocycles. The van der Waals surface area contributed by atoms with E-state index in [0.717, 1.165) is 18.4 Å². The molecule has 0 unspecified atom stereocenters. The largest absolute Gasteiger partial charge is 0.334 e. The number of hydrogen-bond acceptors (Lipinski definition) is 4. The molecular weight excluding hydrogens is 441 g/mol. The maximum atomic E-state index is 13.3. The summed E-state index contributed by atoms with van der Waals surface area (Å²) < 4.78 is 41.6. The molecule has 0 spiro atoms. The van der Waals surface area contributed by atoms with E-state index in [9.17, 15) is 17.6 Å². The van der Waals surface area contributed by atoms with Crippen LogP contribution in [0.4, 0.5) is 4.39 Å². The van der Waals surface area contributed by atoms with E-state index in [1.54, 1.807) is 15.7 Å². The van der Waals surface area contributed by atoms with Crippen LogP contribution in [0.15, 0.2) is 66.0 Å². The number of amides is 1. The van der Waals surface area contributed by atoms with Gasteiger partial charge < -0.3 is 9.47 Å². The Kier molecular flexibility index (Phi) is 6.65. The lowest BCUT2D eigenvalue weighted by Crippen LogP contribution is -2.38. The van der Waals surface area contributed by atoms with Crippen molar-refractivity contribution in [3.05, 3.63) is 83.4 Å². The molecule has 1 fully saturated rings. The second kappa shape index (κ2) is 9.47. The number of carbonyl (C=O) groups is 1. The Hall–Kier alpha value is -3.00. The van der Waals surface area contributed by atoms with Crippen LogP contribution in [0.1, 0.15) is 43.5 Å². The Balaban J connectivity index is 1.69. The van der Waals surface area contributed by atoms with Crippen molar-refractivity contribution in [2.75, 3.05) is 0 Å². The number of sulfone groups is 1. The fraction of sp³-hybridized carbons (Fsp3) is 0.360. The molecule has 0 atom stereocenters. The minimum atomic E-state index is -3.81. The van der Waals surface area contributed by atoms with E-state index in [-0.39, 0.29) is 28.8 Å². The number of carbonyl (C=O) groups excluding carboxylic acids is 1. The summed E-state index contributed by atoms with van der Waals surface area (Å²) in [5.41, 5.74) is 2.08. The Labute approximate surface area is 194 Å². The summed E-state index contributed by atoms with van der Waals surface area (Å²) in [6, 6.07) is 15.0. The third kappa shape index (κ3) is 5.50. The van der Waals surface area contributed by atoms with Gasteiger partial charge in [0, 0.05) is 12.0 Å². The first kappa shape index (κ1) is 23.2. The number of rotatable bonds is 9. The van der Waals surface area contributed by atoms with E-state index in [1.165, 1.54) is 24.3 Å². The highest BCUT2D eigenvalue weighted by Gasteiger charge is 2.35. The first-order chi connectivity index (χ1) is 15.7. The van der Waals surface area contributed by atoms with Crippen molar-refractivity contribution in [2.24, 2.45) is 5.92 Å². The van der Waals surface area contributed by atoms with Crippen LogP contribution in [0.2, 0.25) is 0 Å². The topological polar surface area (TPSA) is 72.3 Å². The highest BCUT2D eigenvalue weighted by Crippen LogP contribution is 2.32. The van der Waals surface area contributed by atoms with Crippen LogP contribution in [-0.2, 0) is 33.5 Å². The average molecular weight is 470 g/mol. The molecular formula is C25H28FN3O3S. The lowest BCUT2D eigenvalue weighted by Gasteiger charge is -2.27. The Morgan fingerprint density at radius 1 is 1.09 bits per heavy atom. The van der Waals surface area contributed by atoms with E-state index in [2.05, 4.69) is 4.98 Å². The van der Waals surface area contributed by atoms with E-state index >= 15 is 0 Å². The third-order valence-corrected chi connectivity index (χ3v) is 7.39. The van der Waals surface area contributed by atoms with E-state index in [1.807, 2.05) is 44.2 Å². The highest BCUT2D eigenvalue weighted by atomic mass is 32.2. The van der Waals surface area contributed by atoms with Gasteiger partial charge in [0.25, 0.3) is 0 Å². The van der Waals surface area contributed by atoms with Crippen LogP contribution in [0, 0.1) is 11.7 Å². The van der Waals surface area contributed by atoms with Crippen LogP contribution in [0.25, 0.3) is 0 Å². The summed E-state index contributed by atoms with van der Waals surface area (Å²) in [6.45, 7) is 4.53. The summed E-state index contributed by atoms with van der Waals surface area (Å²) in [5.74, 6) is -0.529. The Morgan fingerprint density at radius 3 is 2.36 bits per heavy atom. The molecule has 2 aromatic carbocycles. The number of halogens is 1. The molecule has 1 aliphatic rings. The summed E-state index contributed by atoms with van der Waals surface area (Å²) >= 11 is 0. The number of nitrogens with zero attached hydrogens (tertiary/aromatic N) is 3. The molecule has 0 aliphatic heterocycles. The molecule has 1 saturated carbocycles. The zero-order valence-corrected chi connectivity index (χ0v) is 19.6. The van der Waals surface area contributed by atoms with Crippen LogP contribution in [-0.4, -0.2) is 34.8 Å². The van der Waals surface area contributed by atoms with E-state index in [0.29, 0.717) is 24.3 Å². The SMILES string of the molecule is CC(C)N(Cc1cnc(S(=O)(=O)Cc2ccc(F)cc2)n1Cc1ccccc1)C(=O)C1CC1. The fourth-order valence-electron chi connectivity index (χ4n) is 3.82. The molecule has 4 rings (SSSR count). The van der Waals surface area contributed by atoms with Gasteiger partial charge in [0.15, 0.2) is 0 Å². The average Bonchev–Trinajstić information content (AvgIpc) is 3.55. The van der Waals surface area contributed by atoms with Crippen molar-refractivity contribution in [2.45, 2.75) is 56.7 Å². The van der Waals surface area contributed by atoms with E-state index in [4.69, 9.17) is 0 Å². The maximum absolute atomic E-state index is 13.3.